The molecule has 3 N–H and O–H groups in total. The lowest BCUT2D eigenvalue weighted by Gasteiger charge is -2.28. The molecule has 1 amide bonds. The third-order valence-electron chi connectivity index (χ3n) is 3.77. The fraction of sp³-hybridized carbons (Fsp3) is 0.800. The molecule has 0 aliphatic heterocycles. The van der Waals surface area contributed by atoms with Gasteiger partial charge < -0.3 is 20.3 Å². The number of nitrogens with one attached hydrogen (secondary N) is 1. The highest BCUT2D eigenvalue weighted by atomic mass is 28.3. The average molecular weight is 315 g/mol. The van der Waals surface area contributed by atoms with Crippen LogP contribution in [0.1, 0.15) is 19.3 Å². The molecule has 0 aromatic heterocycles. The summed E-state index contributed by atoms with van der Waals surface area (Å²) >= 11 is 0. The van der Waals surface area contributed by atoms with Crippen molar-refractivity contribution in [2.45, 2.75) is 57.1 Å². The van der Waals surface area contributed by atoms with E-state index in [1.54, 1.807) is 6.08 Å². The minimum atomic E-state index is -1.20. The number of alkyl carbamates (subject to hydrolysis) is 1. The molecule has 6 heteroatoms. The summed E-state index contributed by atoms with van der Waals surface area (Å²) in [6.07, 6.45) is 4.63. The molecule has 0 unspecified atom stereocenters. The number of carbonyl (C=O) groups excluding carboxylic acids is 1. The van der Waals surface area contributed by atoms with E-state index in [9.17, 15) is 15.0 Å². The van der Waals surface area contributed by atoms with Gasteiger partial charge in [0.1, 0.15) is 0 Å². The summed E-state index contributed by atoms with van der Waals surface area (Å²) in [7, 11) is -1.20. The second-order valence-corrected chi connectivity index (χ2v) is 12.6. The Balaban J connectivity index is 2.45. The maximum Gasteiger partial charge on any atom is 0.407 e. The van der Waals surface area contributed by atoms with Gasteiger partial charge in [0, 0.05) is 26.6 Å². The minimum Gasteiger partial charge on any atom is -0.450 e. The number of carbonyl (C=O) groups is 1. The molecule has 1 aliphatic carbocycles. The Labute approximate surface area is 128 Å². The first kappa shape index (κ1) is 18.2. The average Bonchev–Trinajstić information content (AvgIpc) is 2.35. The number of aliphatic hydroxyl groups is 2. The summed E-state index contributed by atoms with van der Waals surface area (Å²) in [5.74, 6) is -0.0471. The number of amides is 1. The molecule has 0 spiro atoms. The first-order valence-corrected chi connectivity index (χ1v) is 11.4. The van der Waals surface area contributed by atoms with Crippen LogP contribution in [0.2, 0.25) is 25.7 Å². The van der Waals surface area contributed by atoms with Crippen molar-refractivity contribution in [2.24, 2.45) is 5.92 Å². The first-order valence-electron chi connectivity index (χ1n) is 7.70. The van der Waals surface area contributed by atoms with Crippen molar-refractivity contribution in [3.05, 3.63) is 12.2 Å². The molecule has 0 saturated carbocycles. The van der Waals surface area contributed by atoms with Crippen LogP contribution in [0.3, 0.4) is 0 Å². The van der Waals surface area contributed by atoms with E-state index in [0.717, 1.165) is 6.04 Å². The quantitative estimate of drug-likeness (QED) is 0.536. The zero-order valence-corrected chi connectivity index (χ0v) is 14.3. The first-order chi connectivity index (χ1) is 9.81. The van der Waals surface area contributed by atoms with Crippen molar-refractivity contribution in [2.75, 3.05) is 13.2 Å². The Morgan fingerprint density at radius 1 is 1.38 bits per heavy atom. The van der Waals surface area contributed by atoms with Gasteiger partial charge >= 0.3 is 6.09 Å². The molecule has 3 atom stereocenters. The van der Waals surface area contributed by atoms with Crippen LogP contribution in [0.15, 0.2) is 12.2 Å². The van der Waals surface area contributed by atoms with E-state index in [1.807, 2.05) is 6.08 Å². The monoisotopic (exact) mass is 315 g/mol. The van der Waals surface area contributed by atoms with Gasteiger partial charge in [-0.05, 0) is 25.3 Å². The number of hydrogen-bond acceptors (Lipinski definition) is 4. The highest BCUT2D eigenvalue weighted by molar-refractivity contribution is 6.76. The fourth-order valence-corrected chi connectivity index (χ4v) is 3.01. The zero-order valence-electron chi connectivity index (χ0n) is 13.3. The molecule has 1 aliphatic rings. The van der Waals surface area contributed by atoms with Gasteiger partial charge in [-0.1, -0.05) is 31.8 Å². The summed E-state index contributed by atoms with van der Waals surface area (Å²) in [4.78, 5) is 11.8. The van der Waals surface area contributed by atoms with Gasteiger partial charge in [0.05, 0.1) is 12.7 Å². The SMILES string of the molecule is C[Si](C)(C)CCOC(=O)N[C@H]1C/C=C\[C@H](O)CC[C@H]1CO. The lowest BCUT2D eigenvalue weighted by molar-refractivity contribution is 0.123. The van der Waals surface area contributed by atoms with Crippen LogP contribution in [0.5, 0.6) is 0 Å². The Hall–Kier alpha value is -0.853. The van der Waals surface area contributed by atoms with E-state index in [1.165, 1.54) is 0 Å². The van der Waals surface area contributed by atoms with Crippen molar-refractivity contribution in [1.29, 1.82) is 0 Å². The van der Waals surface area contributed by atoms with E-state index in [2.05, 4.69) is 25.0 Å². The Morgan fingerprint density at radius 3 is 2.71 bits per heavy atom. The van der Waals surface area contributed by atoms with Gasteiger partial charge in [-0.15, -0.1) is 0 Å². The summed E-state index contributed by atoms with van der Waals surface area (Å²) in [6.45, 7) is 7.16. The number of hydrogen-bond donors (Lipinski definition) is 3. The largest absolute Gasteiger partial charge is 0.450 e. The van der Waals surface area contributed by atoms with Crippen molar-refractivity contribution in [1.82, 2.24) is 5.32 Å². The highest BCUT2D eigenvalue weighted by Gasteiger charge is 2.24. The molecule has 0 bridgehead atoms. The van der Waals surface area contributed by atoms with Gasteiger partial charge in [0.2, 0.25) is 0 Å². The van der Waals surface area contributed by atoms with E-state index in [4.69, 9.17) is 4.74 Å². The Morgan fingerprint density at radius 2 is 2.10 bits per heavy atom. The summed E-state index contributed by atoms with van der Waals surface area (Å²) in [5.41, 5.74) is 0. The molecule has 21 heavy (non-hydrogen) atoms. The predicted octanol–water partition coefficient (Wildman–Crippen LogP) is 2.13. The standard InChI is InChI=1S/C15H29NO4Si/c1-21(2,3)10-9-20-15(19)16-14-6-4-5-13(18)8-7-12(14)11-17/h4-5,12-14,17-18H,6-11H2,1-3H3,(H,16,19)/b5-4-/t12-,13-,14-/m0/s1. The molecular formula is C15H29NO4Si. The fourth-order valence-electron chi connectivity index (χ4n) is 2.30. The normalized spacial score (nSPS) is 28.3. The number of aliphatic hydroxyl groups excluding tert-OH is 2. The summed E-state index contributed by atoms with van der Waals surface area (Å²) < 4.78 is 5.24. The number of ether oxygens (including phenoxy) is 1. The maximum atomic E-state index is 11.8. The lowest BCUT2D eigenvalue weighted by Crippen LogP contribution is -2.42. The van der Waals surface area contributed by atoms with Crippen molar-refractivity contribution < 1.29 is 19.7 Å². The van der Waals surface area contributed by atoms with Crippen LogP contribution >= 0.6 is 0 Å². The van der Waals surface area contributed by atoms with E-state index in [-0.39, 0.29) is 18.6 Å². The van der Waals surface area contributed by atoms with Crippen LogP contribution in [0.4, 0.5) is 4.79 Å². The van der Waals surface area contributed by atoms with Gasteiger partial charge in [-0.3, -0.25) is 0 Å². The van der Waals surface area contributed by atoms with Crippen LogP contribution in [0, 0.1) is 5.92 Å². The molecule has 0 saturated heterocycles. The third-order valence-corrected chi connectivity index (χ3v) is 5.48. The Kier molecular flexibility index (Phi) is 7.41. The topological polar surface area (TPSA) is 78.8 Å². The Bertz CT molecular complexity index is 354. The van der Waals surface area contributed by atoms with Gasteiger partial charge in [-0.2, -0.15) is 0 Å². The highest BCUT2D eigenvalue weighted by Crippen LogP contribution is 2.19. The van der Waals surface area contributed by atoms with Crippen LogP contribution in [0.25, 0.3) is 0 Å². The van der Waals surface area contributed by atoms with Crippen molar-refractivity contribution in [3.8, 4) is 0 Å². The van der Waals surface area contributed by atoms with Gasteiger partial charge in [0.25, 0.3) is 0 Å². The molecule has 5 nitrogen and oxygen atoms in total. The lowest BCUT2D eigenvalue weighted by atomic mass is 9.89. The molecule has 0 aromatic carbocycles. The second kappa shape index (κ2) is 8.56. The smallest absolute Gasteiger partial charge is 0.407 e. The predicted molar refractivity (Wildman–Crippen MR) is 86.0 cm³/mol. The van der Waals surface area contributed by atoms with E-state index >= 15 is 0 Å². The third kappa shape index (κ3) is 7.64. The summed E-state index contributed by atoms with van der Waals surface area (Å²) in [6, 6.07) is 0.804. The van der Waals surface area contributed by atoms with Crippen LogP contribution in [-0.2, 0) is 4.74 Å². The van der Waals surface area contributed by atoms with Crippen molar-refractivity contribution in [3.63, 3.8) is 0 Å². The molecule has 122 valence electrons. The summed E-state index contributed by atoms with van der Waals surface area (Å²) in [5, 5.41) is 21.9. The van der Waals surface area contributed by atoms with E-state index < -0.39 is 20.3 Å². The van der Waals surface area contributed by atoms with Crippen LogP contribution in [-0.4, -0.2) is 49.7 Å². The molecule has 1 rings (SSSR count). The number of rotatable bonds is 5. The zero-order chi connectivity index (χ0) is 15.9. The van der Waals surface area contributed by atoms with Crippen LogP contribution < -0.4 is 5.32 Å². The van der Waals surface area contributed by atoms with Gasteiger partial charge in [0.15, 0.2) is 0 Å². The van der Waals surface area contributed by atoms with Crippen molar-refractivity contribution >= 4 is 14.2 Å². The molecule has 0 aromatic rings. The maximum absolute atomic E-state index is 11.8. The minimum absolute atomic E-state index is 0.000408. The van der Waals surface area contributed by atoms with E-state index in [0.29, 0.717) is 25.9 Å². The second-order valence-electron chi connectivity index (χ2n) is 6.95. The molecular weight excluding hydrogens is 286 g/mol. The molecule has 0 heterocycles. The van der Waals surface area contributed by atoms with Gasteiger partial charge in [-0.25, -0.2) is 4.79 Å². The molecule has 0 fully saturated rings. The molecule has 0 radical (unpaired) electrons.